The number of guanidine groups is 1. The minimum atomic E-state index is -3.19. The number of sulfone groups is 1. The third-order valence-corrected chi connectivity index (χ3v) is 5.94. The lowest BCUT2D eigenvalue weighted by molar-refractivity contribution is 0.601. The molecule has 0 spiro atoms. The van der Waals surface area contributed by atoms with Crippen LogP contribution in [0.2, 0.25) is 0 Å². The lowest BCUT2D eigenvalue weighted by Crippen LogP contribution is -2.37. The van der Waals surface area contributed by atoms with E-state index >= 15 is 0 Å². The Morgan fingerprint density at radius 3 is 2.59 bits per heavy atom. The smallest absolute Gasteiger partial charge is 0.191 e. The molecular formula is C21H27IN4O2S. The SMILES string of the molecule is CN=C(NCCc1c[nH]c2ccccc12)NCc1ccc(S(C)(=O)=O)c(C)c1.I. The molecule has 156 valence electrons. The van der Waals surface area contributed by atoms with Crippen molar-refractivity contribution in [3.8, 4) is 0 Å². The van der Waals surface area contributed by atoms with Crippen LogP contribution in [0.25, 0.3) is 10.9 Å². The Kier molecular flexibility index (Phi) is 8.09. The number of para-hydroxylation sites is 1. The number of aliphatic imine (C=N–C) groups is 1. The number of hydrogen-bond acceptors (Lipinski definition) is 3. The highest BCUT2D eigenvalue weighted by Gasteiger charge is 2.11. The lowest BCUT2D eigenvalue weighted by Gasteiger charge is -2.13. The van der Waals surface area contributed by atoms with E-state index in [1.807, 2.05) is 31.2 Å². The second-order valence-corrected chi connectivity index (χ2v) is 8.82. The number of H-pyrrole nitrogens is 1. The van der Waals surface area contributed by atoms with Crippen molar-refractivity contribution in [1.82, 2.24) is 15.6 Å². The number of benzene rings is 2. The first kappa shape index (κ1) is 23.2. The lowest BCUT2D eigenvalue weighted by atomic mass is 10.1. The average molecular weight is 526 g/mol. The molecule has 0 aliphatic heterocycles. The standard InChI is InChI=1S/C21H26N4O2S.HI/c1-15-12-16(8-9-20(15)28(3,26)27)13-25-21(22-2)23-11-10-17-14-24-19-7-5-4-6-18(17)19;/h4-9,12,14,24H,10-11,13H2,1-3H3,(H2,22,23,25);1H. The Balaban J connectivity index is 0.00000300. The van der Waals surface area contributed by atoms with Crippen LogP contribution in [0.3, 0.4) is 0 Å². The van der Waals surface area contributed by atoms with Crippen LogP contribution >= 0.6 is 24.0 Å². The van der Waals surface area contributed by atoms with E-state index in [4.69, 9.17) is 0 Å². The molecule has 0 aliphatic carbocycles. The number of aryl methyl sites for hydroxylation is 1. The average Bonchev–Trinajstić information content (AvgIpc) is 3.06. The number of aromatic nitrogens is 1. The first-order valence-electron chi connectivity index (χ1n) is 9.17. The van der Waals surface area contributed by atoms with E-state index in [0.717, 1.165) is 29.6 Å². The fraction of sp³-hybridized carbons (Fsp3) is 0.286. The molecule has 0 saturated heterocycles. The van der Waals surface area contributed by atoms with E-state index in [-0.39, 0.29) is 24.0 Å². The number of nitrogens with one attached hydrogen (secondary N) is 3. The molecule has 0 radical (unpaired) electrons. The van der Waals surface area contributed by atoms with Gasteiger partial charge in [-0.1, -0.05) is 30.3 Å². The van der Waals surface area contributed by atoms with Gasteiger partial charge < -0.3 is 15.6 Å². The van der Waals surface area contributed by atoms with Crippen molar-refractivity contribution < 1.29 is 8.42 Å². The van der Waals surface area contributed by atoms with Gasteiger partial charge in [0.15, 0.2) is 15.8 Å². The fourth-order valence-corrected chi connectivity index (χ4v) is 4.26. The van der Waals surface area contributed by atoms with Gasteiger partial charge in [-0.05, 0) is 42.2 Å². The van der Waals surface area contributed by atoms with Crippen molar-refractivity contribution in [2.75, 3.05) is 19.8 Å². The Morgan fingerprint density at radius 2 is 1.90 bits per heavy atom. The number of rotatable bonds is 6. The molecule has 3 aromatic rings. The molecule has 0 bridgehead atoms. The van der Waals surface area contributed by atoms with Gasteiger partial charge in [0.2, 0.25) is 0 Å². The van der Waals surface area contributed by atoms with Gasteiger partial charge in [-0.25, -0.2) is 8.42 Å². The van der Waals surface area contributed by atoms with Crippen LogP contribution in [-0.4, -0.2) is 39.2 Å². The Labute approximate surface area is 189 Å². The van der Waals surface area contributed by atoms with Crippen molar-refractivity contribution in [3.63, 3.8) is 0 Å². The molecule has 0 unspecified atom stereocenters. The minimum Gasteiger partial charge on any atom is -0.361 e. The normalized spacial score (nSPS) is 11.9. The molecule has 3 N–H and O–H groups in total. The first-order valence-corrected chi connectivity index (χ1v) is 11.1. The Morgan fingerprint density at radius 1 is 1.14 bits per heavy atom. The first-order chi connectivity index (χ1) is 13.4. The summed E-state index contributed by atoms with van der Waals surface area (Å²) in [6, 6.07) is 13.6. The van der Waals surface area contributed by atoms with Crippen molar-refractivity contribution >= 4 is 50.7 Å². The van der Waals surface area contributed by atoms with Crippen LogP contribution in [0, 0.1) is 6.92 Å². The summed E-state index contributed by atoms with van der Waals surface area (Å²) in [7, 11) is -1.46. The van der Waals surface area contributed by atoms with E-state index in [1.54, 1.807) is 13.1 Å². The number of nitrogens with zero attached hydrogens (tertiary/aromatic N) is 1. The van der Waals surface area contributed by atoms with Gasteiger partial charge in [-0.2, -0.15) is 0 Å². The summed E-state index contributed by atoms with van der Waals surface area (Å²) in [5, 5.41) is 7.84. The van der Waals surface area contributed by atoms with Gasteiger partial charge in [0, 0.05) is 43.5 Å². The van der Waals surface area contributed by atoms with E-state index in [9.17, 15) is 8.42 Å². The van der Waals surface area contributed by atoms with E-state index in [0.29, 0.717) is 17.4 Å². The zero-order valence-corrected chi connectivity index (χ0v) is 20.0. The monoisotopic (exact) mass is 526 g/mol. The fourth-order valence-electron chi connectivity index (χ4n) is 3.30. The summed E-state index contributed by atoms with van der Waals surface area (Å²) in [4.78, 5) is 7.92. The second kappa shape index (κ2) is 10.1. The van der Waals surface area contributed by atoms with Crippen molar-refractivity contribution in [3.05, 3.63) is 65.4 Å². The van der Waals surface area contributed by atoms with Crippen molar-refractivity contribution in [2.45, 2.75) is 24.8 Å². The van der Waals surface area contributed by atoms with E-state index in [1.165, 1.54) is 17.2 Å². The quantitative estimate of drug-likeness (QED) is 0.261. The Bertz CT molecular complexity index is 1110. The third kappa shape index (κ3) is 5.96. The number of halogens is 1. The maximum absolute atomic E-state index is 11.7. The van der Waals surface area contributed by atoms with E-state index in [2.05, 4.69) is 38.9 Å². The van der Waals surface area contributed by atoms with Crippen LogP contribution in [0.15, 0.2) is 58.5 Å². The predicted octanol–water partition coefficient (Wildman–Crippen LogP) is 3.41. The molecule has 6 nitrogen and oxygen atoms in total. The van der Waals surface area contributed by atoms with Crippen molar-refractivity contribution in [2.24, 2.45) is 4.99 Å². The van der Waals surface area contributed by atoms with Crippen LogP contribution < -0.4 is 10.6 Å². The topological polar surface area (TPSA) is 86.3 Å². The molecular weight excluding hydrogens is 499 g/mol. The zero-order valence-electron chi connectivity index (χ0n) is 16.8. The summed E-state index contributed by atoms with van der Waals surface area (Å²) in [5.74, 6) is 0.713. The number of aromatic amines is 1. The van der Waals surface area contributed by atoms with Crippen LogP contribution in [0.5, 0.6) is 0 Å². The van der Waals surface area contributed by atoms with Gasteiger partial charge in [0.05, 0.1) is 4.90 Å². The molecule has 0 fully saturated rings. The zero-order chi connectivity index (χ0) is 20.1. The predicted molar refractivity (Wildman–Crippen MR) is 130 cm³/mol. The minimum absolute atomic E-state index is 0. The Hall–Kier alpha value is -2.07. The summed E-state index contributed by atoms with van der Waals surface area (Å²) < 4.78 is 23.5. The molecule has 29 heavy (non-hydrogen) atoms. The highest BCUT2D eigenvalue weighted by atomic mass is 127. The summed E-state index contributed by atoms with van der Waals surface area (Å²) in [5.41, 5.74) is 4.17. The van der Waals surface area contributed by atoms with Gasteiger partial charge in [0.1, 0.15) is 0 Å². The highest BCUT2D eigenvalue weighted by molar-refractivity contribution is 14.0. The summed E-state index contributed by atoms with van der Waals surface area (Å²) in [6.45, 7) is 3.14. The third-order valence-electron chi connectivity index (χ3n) is 4.68. The van der Waals surface area contributed by atoms with Crippen LogP contribution in [-0.2, 0) is 22.8 Å². The maximum atomic E-state index is 11.7. The summed E-state index contributed by atoms with van der Waals surface area (Å²) >= 11 is 0. The molecule has 0 saturated carbocycles. The molecule has 2 aromatic carbocycles. The van der Waals surface area contributed by atoms with Crippen LogP contribution in [0.4, 0.5) is 0 Å². The van der Waals surface area contributed by atoms with Crippen molar-refractivity contribution in [1.29, 1.82) is 0 Å². The van der Waals surface area contributed by atoms with Gasteiger partial charge >= 0.3 is 0 Å². The summed E-state index contributed by atoms with van der Waals surface area (Å²) in [6.07, 6.45) is 4.16. The molecule has 3 rings (SSSR count). The molecule has 8 heteroatoms. The largest absolute Gasteiger partial charge is 0.361 e. The number of hydrogen-bond donors (Lipinski definition) is 3. The second-order valence-electron chi connectivity index (χ2n) is 6.83. The molecule has 0 aliphatic rings. The van der Waals surface area contributed by atoms with Gasteiger partial charge in [-0.15, -0.1) is 24.0 Å². The van der Waals surface area contributed by atoms with Gasteiger partial charge in [0.25, 0.3) is 0 Å². The molecule has 0 amide bonds. The van der Waals surface area contributed by atoms with Gasteiger partial charge in [-0.3, -0.25) is 4.99 Å². The number of fused-ring (bicyclic) bond motifs is 1. The molecule has 1 aromatic heterocycles. The molecule has 1 heterocycles. The van der Waals surface area contributed by atoms with E-state index < -0.39 is 9.84 Å². The molecule has 0 atom stereocenters. The maximum Gasteiger partial charge on any atom is 0.191 e. The highest BCUT2D eigenvalue weighted by Crippen LogP contribution is 2.18. The van der Waals surface area contributed by atoms with Crippen LogP contribution in [0.1, 0.15) is 16.7 Å².